The maximum atomic E-state index is 14.8. The lowest BCUT2D eigenvalue weighted by atomic mass is 9.91. The van der Waals surface area contributed by atoms with Crippen LogP contribution >= 0.6 is 0 Å². The molecule has 0 aliphatic carbocycles. The number of rotatable bonds is 7. The Kier molecular flexibility index (Phi) is 10.1. The third-order valence-electron chi connectivity index (χ3n) is 10.4. The van der Waals surface area contributed by atoms with Gasteiger partial charge in [0.25, 0.3) is 17.3 Å². The van der Waals surface area contributed by atoms with Crippen molar-refractivity contribution in [2.75, 3.05) is 26.2 Å². The summed E-state index contributed by atoms with van der Waals surface area (Å²) in [6.07, 6.45) is 0.0496. The normalized spacial score (nSPS) is 15.2. The number of aromatic nitrogens is 1. The third-order valence-corrected chi connectivity index (χ3v) is 14.2. The monoisotopic (exact) mass is 818 g/mol. The van der Waals surface area contributed by atoms with Crippen LogP contribution in [0.5, 0.6) is 0 Å². The van der Waals surface area contributed by atoms with Crippen LogP contribution < -0.4 is 0 Å². The third kappa shape index (κ3) is 6.97. The Bertz CT molecular complexity index is 2980. The van der Waals surface area contributed by atoms with Crippen molar-refractivity contribution in [3.63, 3.8) is 0 Å². The number of nitrogens with zero attached hydrogens (tertiary/aromatic N) is 6. The number of hydrogen-bond donors (Lipinski definition) is 0. The summed E-state index contributed by atoms with van der Waals surface area (Å²) in [5.41, 5.74) is -0.450. The van der Waals surface area contributed by atoms with Gasteiger partial charge in [0.15, 0.2) is 9.79 Å². The Morgan fingerprint density at radius 3 is 1.64 bits per heavy atom. The summed E-state index contributed by atoms with van der Waals surface area (Å²) in [4.78, 5) is 42.2. The molecular formula is C41H34N6O9S2. The van der Waals surface area contributed by atoms with Crippen molar-refractivity contribution in [1.82, 2.24) is 18.5 Å². The fourth-order valence-electron chi connectivity index (χ4n) is 7.64. The minimum Gasteiger partial charge on any atom is -0.337 e. The van der Waals surface area contributed by atoms with Gasteiger partial charge in [0.1, 0.15) is 0 Å². The van der Waals surface area contributed by atoms with Crippen LogP contribution in [0.4, 0.5) is 11.4 Å². The molecule has 0 unspecified atom stereocenters. The quantitative estimate of drug-likeness (QED) is 0.0946. The second-order valence-electron chi connectivity index (χ2n) is 13.9. The van der Waals surface area contributed by atoms with Crippen LogP contribution in [0.1, 0.15) is 28.2 Å². The van der Waals surface area contributed by atoms with E-state index in [-0.39, 0.29) is 57.1 Å². The highest BCUT2D eigenvalue weighted by Gasteiger charge is 2.35. The maximum Gasteiger partial charge on any atom is 0.289 e. The van der Waals surface area contributed by atoms with E-state index in [1.165, 1.54) is 29.2 Å². The molecule has 15 nitrogen and oxygen atoms in total. The molecule has 1 aliphatic heterocycles. The Morgan fingerprint density at radius 1 is 0.552 bits per heavy atom. The van der Waals surface area contributed by atoms with Crippen molar-refractivity contribution in [1.29, 1.82) is 0 Å². The first kappa shape index (κ1) is 38.5. The zero-order valence-corrected chi connectivity index (χ0v) is 32.3. The van der Waals surface area contributed by atoms with Crippen molar-refractivity contribution in [2.24, 2.45) is 0 Å². The standard InChI is InChI=1S/C41H34N6O9S2/c48-41(34-21-19-30-17-16-28-8-5-9-29-18-20-33(34)40(30)39(28)29)43-22-7-23-44(57(53,54)37-14-3-1-12-35(37)46(49)50)26-31-10-6-11-32(42-31)27-45(25-24-43)58(55,56)38-15-4-2-13-36(38)47(51)52/h1-6,8-21H,7,22-27H2. The summed E-state index contributed by atoms with van der Waals surface area (Å²) in [5, 5.41) is 29.4. The van der Waals surface area contributed by atoms with Crippen molar-refractivity contribution >= 4 is 69.6 Å². The van der Waals surface area contributed by atoms with Gasteiger partial charge < -0.3 is 4.90 Å². The molecule has 0 saturated carbocycles. The number of carbonyl (C=O) groups excluding carboxylic acids is 1. The van der Waals surface area contributed by atoms with Crippen LogP contribution in [0.2, 0.25) is 0 Å². The smallest absolute Gasteiger partial charge is 0.289 e. The topological polar surface area (TPSA) is 194 Å². The van der Waals surface area contributed by atoms with E-state index < -0.39 is 57.0 Å². The Balaban J connectivity index is 1.24. The van der Waals surface area contributed by atoms with Gasteiger partial charge in [-0.2, -0.15) is 8.61 Å². The zero-order chi connectivity index (χ0) is 40.8. The first-order valence-corrected chi connectivity index (χ1v) is 21.1. The summed E-state index contributed by atoms with van der Waals surface area (Å²) in [6, 6.07) is 32.0. The molecule has 58 heavy (non-hydrogen) atoms. The number of sulfonamides is 2. The van der Waals surface area contributed by atoms with E-state index in [2.05, 4.69) is 4.98 Å². The number of hydrogen-bond acceptors (Lipinski definition) is 10. The number of benzene rings is 6. The summed E-state index contributed by atoms with van der Waals surface area (Å²) in [6.45, 7) is -1.41. The number of para-hydroxylation sites is 2. The molecule has 1 aliphatic rings. The van der Waals surface area contributed by atoms with Crippen LogP contribution in [0.3, 0.4) is 0 Å². The number of amides is 1. The molecule has 7 aromatic rings. The average Bonchev–Trinajstić information content (AvgIpc) is 3.23. The van der Waals surface area contributed by atoms with Gasteiger partial charge in [-0.05, 0) is 69.1 Å². The minimum absolute atomic E-state index is 0.0475. The number of fused-ring (bicyclic) bond motifs is 2. The molecule has 294 valence electrons. The van der Waals surface area contributed by atoms with Gasteiger partial charge in [-0.1, -0.05) is 78.9 Å². The van der Waals surface area contributed by atoms with E-state index in [1.54, 1.807) is 24.3 Å². The molecule has 0 N–H and O–H groups in total. The zero-order valence-electron chi connectivity index (χ0n) is 30.7. The molecule has 8 rings (SSSR count). The number of nitro benzene ring substituents is 2. The van der Waals surface area contributed by atoms with Crippen molar-refractivity contribution in [3.8, 4) is 0 Å². The van der Waals surface area contributed by atoms with Crippen LogP contribution in [-0.2, 0) is 33.1 Å². The first-order chi connectivity index (χ1) is 27.8. The SMILES string of the molecule is O=C(c1ccc2ccc3cccc4ccc1c2c34)N1CCCN(S(=O)(=O)c2ccccc2[N+](=O)[O-])Cc2cccc(n2)CN(S(=O)(=O)c2ccccc2[N+](=O)[O-])CC1. The highest BCUT2D eigenvalue weighted by molar-refractivity contribution is 7.89. The number of nitro groups is 2. The van der Waals surface area contributed by atoms with E-state index in [0.29, 0.717) is 10.9 Å². The van der Waals surface area contributed by atoms with Gasteiger partial charge in [0.2, 0.25) is 20.0 Å². The maximum absolute atomic E-state index is 14.8. The lowest BCUT2D eigenvalue weighted by Crippen LogP contribution is -2.42. The Hall–Kier alpha value is -6.40. The second-order valence-corrected chi connectivity index (χ2v) is 17.7. The van der Waals surface area contributed by atoms with Crippen molar-refractivity contribution < 1.29 is 31.5 Å². The highest BCUT2D eigenvalue weighted by atomic mass is 32.2. The van der Waals surface area contributed by atoms with Gasteiger partial charge >= 0.3 is 0 Å². The van der Waals surface area contributed by atoms with E-state index in [0.717, 1.165) is 59.8 Å². The van der Waals surface area contributed by atoms with Crippen LogP contribution in [0.15, 0.2) is 131 Å². The second kappa shape index (κ2) is 15.2. The Labute approximate surface area is 332 Å². The van der Waals surface area contributed by atoms with Crippen molar-refractivity contribution in [2.45, 2.75) is 29.3 Å². The summed E-state index contributed by atoms with van der Waals surface area (Å²) < 4.78 is 59.3. The highest BCUT2D eigenvalue weighted by Crippen LogP contribution is 2.37. The fourth-order valence-corrected chi connectivity index (χ4v) is 10.8. The summed E-state index contributed by atoms with van der Waals surface area (Å²) >= 11 is 0. The Morgan fingerprint density at radius 2 is 1.05 bits per heavy atom. The molecule has 2 heterocycles. The number of carbonyl (C=O) groups is 1. The lowest BCUT2D eigenvalue weighted by molar-refractivity contribution is -0.388. The molecule has 0 fully saturated rings. The minimum atomic E-state index is -4.59. The van der Waals surface area contributed by atoms with E-state index >= 15 is 0 Å². The molecule has 17 heteroatoms. The molecule has 6 aromatic carbocycles. The van der Waals surface area contributed by atoms with Gasteiger partial charge in [-0.3, -0.25) is 30.0 Å². The average molecular weight is 819 g/mol. The first-order valence-electron chi connectivity index (χ1n) is 18.2. The largest absolute Gasteiger partial charge is 0.337 e. The molecule has 0 radical (unpaired) electrons. The molecule has 1 amide bonds. The lowest BCUT2D eigenvalue weighted by Gasteiger charge is -2.28. The fraction of sp³-hybridized carbons (Fsp3) is 0.171. The van der Waals surface area contributed by atoms with Crippen LogP contribution in [0.25, 0.3) is 32.3 Å². The van der Waals surface area contributed by atoms with Crippen molar-refractivity contribution in [3.05, 3.63) is 159 Å². The number of pyridine rings is 1. The van der Waals surface area contributed by atoms with Gasteiger partial charge in [-0.15, -0.1) is 0 Å². The molecule has 2 bridgehead atoms. The predicted octanol–water partition coefficient (Wildman–Crippen LogP) is 6.72. The predicted molar refractivity (Wildman–Crippen MR) is 216 cm³/mol. The van der Waals surface area contributed by atoms with E-state index in [1.807, 2.05) is 48.5 Å². The molecule has 0 saturated heterocycles. The van der Waals surface area contributed by atoms with Gasteiger partial charge in [-0.25, -0.2) is 16.8 Å². The summed E-state index contributed by atoms with van der Waals surface area (Å²) in [7, 11) is -9.11. The van der Waals surface area contributed by atoms with Crippen LogP contribution in [0, 0.1) is 20.2 Å². The van der Waals surface area contributed by atoms with Crippen LogP contribution in [-0.4, -0.2) is 77.3 Å². The molecule has 0 atom stereocenters. The molecule has 1 aromatic heterocycles. The van der Waals surface area contributed by atoms with Gasteiger partial charge in [0.05, 0.1) is 34.3 Å². The van der Waals surface area contributed by atoms with Gasteiger partial charge in [0, 0.05) is 43.9 Å². The van der Waals surface area contributed by atoms with E-state index in [9.17, 15) is 41.9 Å². The summed E-state index contributed by atoms with van der Waals surface area (Å²) in [5.74, 6) is -0.442. The molecule has 0 spiro atoms. The van der Waals surface area contributed by atoms with E-state index in [4.69, 9.17) is 0 Å². The molecular weight excluding hydrogens is 785 g/mol.